The highest BCUT2D eigenvalue weighted by Gasteiger charge is 2.32. The number of benzene rings is 1. The predicted molar refractivity (Wildman–Crippen MR) is 126 cm³/mol. The molecule has 12 nitrogen and oxygen atoms in total. The molecule has 0 saturated carbocycles. The van der Waals surface area contributed by atoms with Gasteiger partial charge in [-0.2, -0.15) is 12.6 Å². The molecule has 34 heavy (non-hydrogen) atoms. The molecule has 0 aliphatic heterocycles. The molecular weight excluding hydrogens is 466 g/mol. The second-order valence-electron chi connectivity index (χ2n) is 8.02. The first-order chi connectivity index (χ1) is 15.8. The van der Waals surface area contributed by atoms with Crippen molar-refractivity contribution in [1.29, 1.82) is 0 Å². The number of carboxylic acid groups (broad SMARTS) is 1. The molecule has 1 aromatic rings. The Morgan fingerprint density at radius 2 is 1.50 bits per heavy atom. The Morgan fingerprint density at radius 3 is 1.97 bits per heavy atom. The van der Waals surface area contributed by atoms with Gasteiger partial charge in [0.05, 0.1) is 12.5 Å². The van der Waals surface area contributed by atoms with E-state index in [9.17, 15) is 34.2 Å². The van der Waals surface area contributed by atoms with E-state index in [2.05, 4.69) is 28.6 Å². The van der Waals surface area contributed by atoms with E-state index in [1.54, 1.807) is 13.8 Å². The topological polar surface area (TPSA) is 214 Å². The Hall–Kier alpha value is -3.32. The van der Waals surface area contributed by atoms with Crippen LogP contribution in [0.4, 0.5) is 0 Å². The molecule has 0 aliphatic carbocycles. The van der Waals surface area contributed by atoms with Crippen molar-refractivity contribution in [3.63, 3.8) is 0 Å². The lowest BCUT2D eigenvalue weighted by Gasteiger charge is -2.26. The summed E-state index contributed by atoms with van der Waals surface area (Å²) in [6.45, 7) is 3.30. The number of nitrogens with one attached hydrogen (secondary N) is 3. The number of rotatable bonds is 13. The number of carbonyl (C=O) groups excluding carboxylic acids is 4. The molecule has 4 amide bonds. The number of amides is 4. The van der Waals surface area contributed by atoms with Crippen molar-refractivity contribution >= 4 is 42.2 Å². The zero-order valence-electron chi connectivity index (χ0n) is 18.9. The first-order valence-electron chi connectivity index (χ1n) is 10.4. The van der Waals surface area contributed by atoms with Crippen LogP contribution in [0.3, 0.4) is 0 Å². The zero-order chi connectivity index (χ0) is 26.0. The molecular formula is C21H31N5O7S. The van der Waals surface area contributed by atoms with Crippen LogP contribution >= 0.6 is 12.6 Å². The van der Waals surface area contributed by atoms with E-state index in [-0.39, 0.29) is 17.9 Å². The second-order valence-corrected chi connectivity index (χ2v) is 8.39. The molecule has 9 N–H and O–H groups in total. The summed E-state index contributed by atoms with van der Waals surface area (Å²) in [6.07, 6.45) is -0.719. The number of carboxylic acids is 1. The molecule has 0 fully saturated rings. The van der Waals surface area contributed by atoms with Crippen LogP contribution in [0.25, 0.3) is 0 Å². The maximum atomic E-state index is 12.8. The molecule has 188 valence electrons. The third-order valence-electron chi connectivity index (χ3n) is 4.81. The summed E-state index contributed by atoms with van der Waals surface area (Å²) in [5.41, 5.74) is 11.3. The number of hydrogen-bond donors (Lipinski definition) is 8. The number of hydrogen-bond acceptors (Lipinski definition) is 8. The third-order valence-corrected chi connectivity index (χ3v) is 5.20. The van der Waals surface area contributed by atoms with E-state index in [1.807, 2.05) is 0 Å². The van der Waals surface area contributed by atoms with E-state index < -0.39 is 66.1 Å². The van der Waals surface area contributed by atoms with Crippen molar-refractivity contribution < 1.29 is 34.2 Å². The molecule has 0 aliphatic rings. The summed E-state index contributed by atoms with van der Waals surface area (Å²) in [6, 6.07) is 0.795. The summed E-state index contributed by atoms with van der Waals surface area (Å²) in [5.74, 6) is -4.98. The fraction of sp³-hybridized carbons (Fsp3) is 0.476. The summed E-state index contributed by atoms with van der Waals surface area (Å²) < 4.78 is 0. The third kappa shape index (κ3) is 9.27. The van der Waals surface area contributed by atoms with Crippen LogP contribution in [0, 0.1) is 5.92 Å². The van der Waals surface area contributed by atoms with Gasteiger partial charge in [-0.3, -0.25) is 19.2 Å². The van der Waals surface area contributed by atoms with Crippen molar-refractivity contribution in [2.45, 2.75) is 50.9 Å². The summed E-state index contributed by atoms with van der Waals surface area (Å²) >= 11 is 3.94. The van der Waals surface area contributed by atoms with Crippen molar-refractivity contribution in [1.82, 2.24) is 16.0 Å². The van der Waals surface area contributed by atoms with Crippen molar-refractivity contribution in [3.8, 4) is 5.75 Å². The molecule has 13 heteroatoms. The van der Waals surface area contributed by atoms with Gasteiger partial charge in [-0.25, -0.2) is 4.79 Å². The van der Waals surface area contributed by atoms with Gasteiger partial charge in [0.2, 0.25) is 23.6 Å². The van der Waals surface area contributed by atoms with E-state index in [0.717, 1.165) is 0 Å². The van der Waals surface area contributed by atoms with Gasteiger partial charge in [0, 0.05) is 12.2 Å². The van der Waals surface area contributed by atoms with E-state index in [1.165, 1.54) is 24.3 Å². The van der Waals surface area contributed by atoms with Crippen LogP contribution in [-0.2, 0) is 30.4 Å². The number of thiol groups is 1. The smallest absolute Gasteiger partial charge is 0.326 e. The van der Waals surface area contributed by atoms with Gasteiger partial charge in [0.15, 0.2) is 0 Å². The molecule has 4 unspecified atom stereocenters. The van der Waals surface area contributed by atoms with Gasteiger partial charge < -0.3 is 37.6 Å². The van der Waals surface area contributed by atoms with Crippen LogP contribution in [0.5, 0.6) is 5.75 Å². The Kier molecular flexibility index (Phi) is 11.3. The Bertz CT molecular complexity index is 894. The number of phenolic OH excluding ortho intramolecular Hbond substituents is 1. The van der Waals surface area contributed by atoms with Gasteiger partial charge in [-0.15, -0.1) is 0 Å². The van der Waals surface area contributed by atoms with E-state index in [0.29, 0.717) is 5.56 Å². The molecule has 0 saturated heterocycles. The minimum Gasteiger partial charge on any atom is -0.508 e. The minimum atomic E-state index is -1.48. The number of carbonyl (C=O) groups is 5. The molecule has 0 bridgehead atoms. The van der Waals surface area contributed by atoms with E-state index in [4.69, 9.17) is 11.5 Å². The molecule has 0 heterocycles. The first-order valence-corrected chi connectivity index (χ1v) is 11.1. The number of aromatic hydroxyl groups is 1. The number of nitrogens with two attached hydrogens (primary N) is 2. The molecule has 0 radical (unpaired) electrons. The van der Waals surface area contributed by atoms with Gasteiger partial charge in [-0.1, -0.05) is 26.0 Å². The van der Waals surface area contributed by atoms with Gasteiger partial charge in [0.25, 0.3) is 0 Å². The van der Waals surface area contributed by atoms with Gasteiger partial charge in [-0.05, 0) is 23.6 Å². The Morgan fingerprint density at radius 1 is 0.941 bits per heavy atom. The van der Waals surface area contributed by atoms with Crippen LogP contribution in [0.2, 0.25) is 0 Å². The minimum absolute atomic E-state index is 0.00832. The largest absolute Gasteiger partial charge is 0.508 e. The molecule has 4 atom stereocenters. The van der Waals surface area contributed by atoms with Crippen LogP contribution in [0.15, 0.2) is 24.3 Å². The highest BCUT2D eigenvalue weighted by atomic mass is 32.1. The monoisotopic (exact) mass is 497 g/mol. The first kappa shape index (κ1) is 28.7. The summed E-state index contributed by atoms with van der Waals surface area (Å²) in [7, 11) is 0. The van der Waals surface area contributed by atoms with Crippen molar-refractivity contribution in [2.75, 3.05) is 5.75 Å². The maximum absolute atomic E-state index is 12.8. The molecule has 0 spiro atoms. The van der Waals surface area contributed by atoms with Crippen LogP contribution in [0.1, 0.15) is 25.8 Å². The average molecular weight is 498 g/mol. The summed E-state index contributed by atoms with van der Waals surface area (Å²) in [4.78, 5) is 60.9. The molecule has 0 aromatic heterocycles. The predicted octanol–water partition coefficient (Wildman–Crippen LogP) is -1.74. The summed E-state index contributed by atoms with van der Waals surface area (Å²) in [5, 5.41) is 26.0. The number of primary amides is 1. The maximum Gasteiger partial charge on any atom is 0.326 e. The normalized spacial score (nSPS) is 14.4. The van der Waals surface area contributed by atoms with Crippen molar-refractivity contribution in [2.24, 2.45) is 17.4 Å². The second kappa shape index (κ2) is 13.4. The molecule has 1 aromatic carbocycles. The SMILES string of the molecule is CC(C)C(NC(=O)C(N)CS)C(=O)NC(CC(N)=O)C(=O)NC(Cc1ccc(O)cc1)C(=O)O. The van der Waals surface area contributed by atoms with E-state index >= 15 is 0 Å². The Labute approximate surface area is 202 Å². The zero-order valence-corrected chi connectivity index (χ0v) is 19.7. The fourth-order valence-corrected chi connectivity index (χ4v) is 3.06. The Balaban J connectivity index is 2.99. The number of aliphatic carboxylic acids is 1. The van der Waals surface area contributed by atoms with Gasteiger partial charge >= 0.3 is 5.97 Å². The quantitative estimate of drug-likeness (QED) is 0.146. The van der Waals surface area contributed by atoms with Crippen LogP contribution < -0.4 is 27.4 Å². The lowest BCUT2D eigenvalue weighted by Crippen LogP contribution is -2.59. The van der Waals surface area contributed by atoms with Crippen LogP contribution in [-0.4, -0.2) is 69.7 Å². The fourth-order valence-electron chi connectivity index (χ4n) is 2.89. The average Bonchev–Trinajstić information content (AvgIpc) is 2.76. The van der Waals surface area contributed by atoms with Crippen molar-refractivity contribution in [3.05, 3.63) is 29.8 Å². The standard InChI is InChI=1S/C21H31N5O7S/c1-10(2)17(26-18(29)13(22)9-34)20(31)24-14(8-16(23)28)19(30)25-15(21(32)33)7-11-3-5-12(27)6-4-11/h3-6,10,13-15,17,27,34H,7-9,22H2,1-2H3,(H2,23,28)(H,24,31)(H,25,30)(H,26,29)(H,32,33). The number of phenols is 1. The van der Waals surface area contributed by atoms with Gasteiger partial charge in [0.1, 0.15) is 23.9 Å². The lowest BCUT2D eigenvalue weighted by molar-refractivity contribution is -0.142. The molecule has 1 rings (SSSR count). The lowest BCUT2D eigenvalue weighted by atomic mass is 10.0. The highest BCUT2D eigenvalue weighted by Crippen LogP contribution is 2.12. The highest BCUT2D eigenvalue weighted by molar-refractivity contribution is 7.80.